The van der Waals surface area contributed by atoms with Crippen LogP contribution in [0.2, 0.25) is 0 Å². The molecule has 0 unspecified atom stereocenters. The largest absolute Gasteiger partial charge is 0.285 e. The SMILES string of the molecule is O=c1c2cc(Br)ccc2nc2n(-c3ccc(Br)cc3)nnn12. The van der Waals surface area contributed by atoms with Crippen molar-refractivity contribution in [1.29, 1.82) is 0 Å². The van der Waals surface area contributed by atoms with E-state index in [9.17, 15) is 4.79 Å². The van der Waals surface area contributed by atoms with E-state index in [4.69, 9.17) is 0 Å². The first-order valence-corrected chi connectivity index (χ1v) is 7.92. The van der Waals surface area contributed by atoms with E-state index >= 15 is 0 Å². The summed E-state index contributed by atoms with van der Waals surface area (Å²) in [7, 11) is 0. The highest BCUT2D eigenvalue weighted by molar-refractivity contribution is 9.10. The topological polar surface area (TPSA) is 65.1 Å². The van der Waals surface area contributed by atoms with E-state index in [0.717, 1.165) is 14.6 Å². The molecule has 0 aliphatic rings. The van der Waals surface area contributed by atoms with E-state index in [0.29, 0.717) is 16.7 Å². The van der Waals surface area contributed by atoms with Gasteiger partial charge < -0.3 is 0 Å². The molecule has 108 valence electrons. The molecule has 0 saturated heterocycles. The summed E-state index contributed by atoms with van der Waals surface area (Å²) in [5.74, 6) is 0.377. The zero-order valence-corrected chi connectivity index (χ0v) is 14.1. The fourth-order valence-electron chi connectivity index (χ4n) is 2.22. The quantitative estimate of drug-likeness (QED) is 0.474. The molecule has 22 heavy (non-hydrogen) atoms. The monoisotopic (exact) mass is 419 g/mol. The Morgan fingerprint density at radius 2 is 1.64 bits per heavy atom. The van der Waals surface area contributed by atoms with Crippen LogP contribution in [0, 0.1) is 0 Å². The minimum absolute atomic E-state index is 0.246. The first kappa shape index (κ1) is 13.6. The van der Waals surface area contributed by atoms with Crippen LogP contribution in [0.3, 0.4) is 0 Å². The van der Waals surface area contributed by atoms with Gasteiger partial charge in [0, 0.05) is 8.95 Å². The van der Waals surface area contributed by atoms with Crippen LogP contribution in [0.15, 0.2) is 56.2 Å². The van der Waals surface area contributed by atoms with Gasteiger partial charge in [-0.2, -0.15) is 4.68 Å². The lowest BCUT2D eigenvalue weighted by molar-refractivity contribution is 0.764. The molecular weight excluding hydrogens is 414 g/mol. The van der Waals surface area contributed by atoms with Crippen molar-refractivity contribution in [3.8, 4) is 5.69 Å². The summed E-state index contributed by atoms with van der Waals surface area (Å²) in [6.07, 6.45) is 0. The van der Waals surface area contributed by atoms with Crippen LogP contribution < -0.4 is 5.56 Å². The Kier molecular flexibility index (Phi) is 3.08. The second-order valence-corrected chi connectivity index (χ2v) is 6.49. The molecule has 8 heteroatoms. The summed E-state index contributed by atoms with van der Waals surface area (Å²) in [6, 6.07) is 12.9. The van der Waals surface area contributed by atoms with Crippen LogP contribution in [0.4, 0.5) is 0 Å². The molecule has 0 fully saturated rings. The fourth-order valence-corrected chi connectivity index (χ4v) is 2.85. The molecule has 0 aliphatic heterocycles. The molecule has 2 heterocycles. The Hall–Kier alpha value is -2.06. The molecule has 0 spiro atoms. The molecule has 0 amide bonds. The Morgan fingerprint density at radius 3 is 2.41 bits per heavy atom. The summed E-state index contributed by atoms with van der Waals surface area (Å²) in [5.41, 5.74) is 1.14. The zero-order valence-electron chi connectivity index (χ0n) is 10.9. The molecule has 4 rings (SSSR count). The van der Waals surface area contributed by atoms with Gasteiger partial charge in [0.1, 0.15) is 0 Å². The maximum Gasteiger partial charge on any atom is 0.285 e. The van der Waals surface area contributed by atoms with Gasteiger partial charge in [0.15, 0.2) is 0 Å². The molecule has 0 saturated carbocycles. The number of rotatable bonds is 1. The highest BCUT2D eigenvalue weighted by Gasteiger charge is 2.13. The molecule has 6 nitrogen and oxygen atoms in total. The zero-order chi connectivity index (χ0) is 15.3. The van der Waals surface area contributed by atoms with Crippen LogP contribution in [0.5, 0.6) is 0 Å². The van der Waals surface area contributed by atoms with Crippen LogP contribution in [0.1, 0.15) is 0 Å². The van der Waals surface area contributed by atoms with Gasteiger partial charge in [0.25, 0.3) is 11.3 Å². The van der Waals surface area contributed by atoms with Gasteiger partial charge in [-0.25, -0.2) is 4.98 Å². The van der Waals surface area contributed by atoms with Crippen molar-refractivity contribution in [2.75, 3.05) is 0 Å². The number of hydrogen-bond donors (Lipinski definition) is 0. The number of tetrazole rings is 1. The Balaban J connectivity index is 2.07. The molecule has 0 N–H and O–H groups in total. The first-order chi connectivity index (χ1) is 10.6. The van der Waals surface area contributed by atoms with Crippen molar-refractivity contribution in [3.05, 3.63) is 61.8 Å². The average Bonchev–Trinajstić information content (AvgIpc) is 2.93. The predicted octanol–water partition coefficient (Wildman–Crippen LogP) is 2.95. The van der Waals surface area contributed by atoms with Gasteiger partial charge in [-0.15, -0.1) is 4.52 Å². The van der Waals surface area contributed by atoms with Crippen LogP contribution in [0.25, 0.3) is 22.4 Å². The summed E-state index contributed by atoms with van der Waals surface area (Å²) in [6.45, 7) is 0. The van der Waals surface area contributed by atoms with Crippen LogP contribution in [-0.2, 0) is 0 Å². The van der Waals surface area contributed by atoms with E-state index in [-0.39, 0.29) is 5.56 Å². The Bertz CT molecular complexity index is 1070. The second kappa shape index (κ2) is 4.99. The molecular formula is C14H7Br2N5O. The summed E-state index contributed by atoms with van der Waals surface area (Å²) in [4.78, 5) is 17.0. The third kappa shape index (κ3) is 2.06. The number of benzene rings is 2. The van der Waals surface area contributed by atoms with E-state index < -0.39 is 0 Å². The third-order valence-corrected chi connectivity index (χ3v) is 4.29. The minimum Gasteiger partial charge on any atom is -0.266 e. The van der Waals surface area contributed by atoms with Crippen LogP contribution in [-0.4, -0.2) is 24.6 Å². The van der Waals surface area contributed by atoms with Gasteiger partial charge in [-0.3, -0.25) is 4.79 Å². The smallest absolute Gasteiger partial charge is 0.266 e. The lowest BCUT2D eigenvalue weighted by Crippen LogP contribution is -2.16. The number of fused-ring (bicyclic) bond motifs is 2. The lowest BCUT2D eigenvalue weighted by atomic mass is 10.2. The van der Waals surface area contributed by atoms with Gasteiger partial charge >= 0.3 is 0 Å². The van der Waals surface area contributed by atoms with Crippen molar-refractivity contribution in [2.24, 2.45) is 0 Å². The standard InChI is InChI=1S/C14H7Br2N5O/c15-8-1-4-10(5-2-8)20-14-17-12-6-3-9(16)7-11(12)13(22)21(14)19-18-20/h1-7H. The minimum atomic E-state index is -0.246. The highest BCUT2D eigenvalue weighted by Crippen LogP contribution is 2.18. The van der Waals surface area contributed by atoms with Crippen molar-refractivity contribution in [3.63, 3.8) is 0 Å². The van der Waals surface area contributed by atoms with Gasteiger partial charge in [0.2, 0.25) is 0 Å². The molecule has 0 bridgehead atoms. The highest BCUT2D eigenvalue weighted by atomic mass is 79.9. The Morgan fingerprint density at radius 1 is 0.909 bits per heavy atom. The van der Waals surface area contributed by atoms with E-state index in [1.807, 2.05) is 30.3 Å². The maximum absolute atomic E-state index is 12.5. The molecule has 4 aromatic rings. The average molecular weight is 421 g/mol. The van der Waals surface area contributed by atoms with Crippen molar-refractivity contribution in [1.82, 2.24) is 24.6 Å². The van der Waals surface area contributed by atoms with Gasteiger partial charge in [0.05, 0.1) is 16.6 Å². The summed E-state index contributed by atoms with van der Waals surface area (Å²) < 4.78 is 4.52. The van der Waals surface area contributed by atoms with Crippen molar-refractivity contribution in [2.45, 2.75) is 0 Å². The number of aromatic nitrogens is 5. The summed E-state index contributed by atoms with van der Waals surface area (Å²) >= 11 is 6.75. The van der Waals surface area contributed by atoms with Crippen molar-refractivity contribution < 1.29 is 0 Å². The molecule has 0 aliphatic carbocycles. The van der Waals surface area contributed by atoms with E-state index in [2.05, 4.69) is 47.3 Å². The third-order valence-electron chi connectivity index (χ3n) is 3.27. The number of halogens is 2. The number of hydrogen-bond acceptors (Lipinski definition) is 4. The first-order valence-electron chi connectivity index (χ1n) is 6.33. The van der Waals surface area contributed by atoms with E-state index in [1.165, 1.54) is 9.20 Å². The fraction of sp³-hybridized carbons (Fsp3) is 0. The normalized spacial score (nSPS) is 11.4. The lowest BCUT2D eigenvalue weighted by Gasteiger charge is -2.02. The molecule has 0 atom stereocenters. The second-order valence-electron chi connectivity index (χ2n) is 4.66. The summed E-state index contributed by atoms with van der Waals surface area (Å²) in [5, 5.41) is 8.46. The van der Waals surface area contributed by atoms with E-state index in [1.54, 1.807) is 12.1 Å². The van der Waals surface area contributed by atoms with Gasteiger partial charge in [-0.1, -0.05) is 31.9 Å². The molecule has 0 radical (unpaired) electrons. The van der Waals surface area contributed by atoms with Gasteiger partial charge in [-0.05, 0) is 52.9 Å². The predicted molar refractivity (Wildman–Crippen MR) is 89.3 cm³/mol. The van der Waals surface area contributed by atoms with Crippen molar-refractivity contribution >= 4 is 48.5 Å². The van der Waals surface area contributed by atoms with Crippen LogP contribution >= 0.6 is 31.9 Å². The number of nitrogens with zero attached hydrogens (tertiary/aromatic N) is 5. The maximum atomic E-state index is 12.5. The Labute approximate surface area is 140 Å². The molecule has 2 aromatic carbocycles. The molecule has 2 aromatic heterocycles.